The molecule has 0 spiro atoms. The zero-order valence-electron chi connectivity index (χ0n) is 12.5. The zero-order chi connectivity index (χ0) is 15.8. The summed E-state index contributed by atoms with van der Waals surface area (Å²) in [5, 5.41) is 5.54. The lowest BCUT2D eigenvalue weighted by molar-refractivity contribution is -0.122. The molecule has 0 aliphatic rings. The topological polar surface area (TPSA) is 71.3 Å². The fraction of sp³-hybridized carbons (Fsp3) is 0.294. The highest BCUT2D eigenvalue weighted by Crippen LogP contribution is 2.18. The summed E-state index contributed by atoms with van der Waals surface area (Å²) < 4.78 is 4.99. The summed E-state index contributed by atoms with van der Waals surface area (Å²) in [6.45, 7) is 2.72. The molecule has 2 amide bonds. The number of rotatable bonds is 7. The van der Waals surface area contributed by atoms with Gasteiger partial charge in [-0.25, -0.2) is 0 Å². The minimum Gasteiger partial charge on any atom is -0.459 e. The number of carbonyl (C=O) groups is 2. The molecule has 1 heterocycles. The Morgan fingerprint density at radius 1 is 1.05 bits per heavy atom. The van der Waals surface area contributed by atoms with Gasteiger partial charge in [0.05, 0.1) is 12.2 Å². The first-order chi connectivity index (χ1) is 10.7. The van der Waals surface area contributed by atoms with Crippen molar-refractivity contribution in [2.24, 2.45) is 0 Å². The fourth-order valence-corrected chi connectivity index (χ4v) is 2.24. The SMILES string of the molecule is CC[C@H](C(=O)NCCNC(=O)c1ccco1)c1ccccc1. The monoisotopic (exact) mass is 300 g/mol. The van der Waals surface area contributed by atoms with Crippen LogP contribution >= 0.6 is 0 Å². The molecule has 1 aromatic heterocycles. The molecule has 5 heteroatoms. The van der Waals surface area contributed by atoms with Crippen molar-refractivity contribution in [1.82, 2.24) is 10.6 Å². The first-order valence-corrected chi connectivity index (χ1v) is 7.36. The molecule has 0 bridgehead atoms. The third-order valence-electron chi connectivity index (χ3n) is 3.38. The van der Waals surface area contributed by atoms with Crippen molar-refractivity contribution in [3.05, 3.63) is 60.1 Å². The van der Waals surface area contributed by atoms with E-state index in [1.807, 2.05) is 37.3 Å². The summed E-state index contributed by atoms with van der Waals surface area (Å²) >= 11 is 0. The Kier molecular flexibility index (Phi) is 5.77. The molecule has 0 aliphatic carbocycles. The Balaban J connectivity index is 1.76. The van der Waals surface area contributed by atoms with E-state index in [0.29, 0.717) is 13.1 Å². The van der Waals surface area contributed by atoms with Gasteiger partial charge in [0.15, 0.2) is 5.76 Å². The highest BCUT2D eigenvalue weighted by molar-refractivity contribution is 5.91. The smallest absolute Gasteiger partial charge is 0.287 e. The van der Waals surface area contributed by atoms with E-state index in [9.17, 15) is 9.59 Å². The van der Waals surface area contributed by atoms with Gasteiger partial charge in [-0.1, -0.05) is 37.3 Å². The van der Waals surface area contributed by atoms with Gasteiger partial charge in [-0.3, -0.25) is 9.59 Å². The van der Waals surface area contributed by atoms with Crippen LogP contribution < -0.4 is 10.6 Å². The quantitative estimate of drug-likeness (QED) is 0.771. The maximum Gasteiger partial charge on any atom is 0.287 e. The third kappa shape index (κ3) is 4.22. The largest absolute Gasteiger partial charge is 0.459 e. The van der Waals surface area contributed by atoms with E-state index in [1.54, 1.807) is 12.1 Å². The molecule has 0 saturated heterocycles. The van der Waals surface area contributed by atoms with Crippen molar-refractivity contribution in [3.63, 3.8) is 0 Å². The summed E-state index contributed by atoms with van der Waals surface area (Å²) in [5.74, 6) is -0.209. The zero-order valence-corrected chi connectivity index (χ0v) is 12.5. The Morgan fingerprint density at radius 2 is 1.77 bits per heavy atom. The molecule has 0 radical (unpaired) electrons. The Labute approximate surface area is 129 Å². The highest BCUT2D eigenvalue weighted by Gasteiger charge is 2.17. The molecule has 116 valence electrons. The van der Waals surface area contributed by atoms with Crippen LogP contribution in [0.5, 0.6) is 0 Å². The van der Waals surface area contributed by atoms with Crippen LogP contribution in [0.4, 0.5) is 0 Å². The standard InChI is InChI=1S/C17H20N2O3/c1-2-14(13-7-4-3-5-8-13)16(20)18-10-11-19-17(21)15-9-6-12-22-15/h3-9,12,14H,2,10-11H2,1H3,(H,18,20)(H,19,21)/t14-/m0/s1. The summed E-state index contributed by atoms with van der Waals surface area (Å²) in [7, 11) is 0. The van der Waals surface area contributed by atoms with Crippen LogP contribution in [0.15, 0.2) is 53.1 Å². The number of amides is 2. The summed E-state index contributed by atoms with van der Waals surface area (Å²) in [5.41, 5.74) is 1.00. The lowest BCUT2D eigenvalue weighted by Gasteiger charge is -2.15. The number of furan rings is 1. The Hall–Kier alpha value is -2.56. The first kappa shape index (κ1) is 15.8. The van der Waals surface area contributed by atoms with Gasteiger partial charge in [0, 0.05) is 13.1 Å². The van der Waals surface area contributed by atoms with Gasteiger partial charge in [-0.2, -0.15) is 0 Å². The molecule has 2 rings (SSSR count). The molecular formula is C17H20N2O3. The highest BCUT2D eigenvalue weighted by atomic mass is 16.3. The van der Waals surface area contributed by atoms with Gasteiger partial charge in [-0.05, 0) is 24.1 Å². The summed E-state index contributed by atoms with van der Waals surface area (Å²) in [6, 6.07) is 12.9. The third-order valence-corrected chi connectivity index (χ3v) is 3.38. The second-order valence-corrected chi connectivity index (χ2v) is 4.90. The second kappa shape index (κ2) is 8.02. The van der Waals surface area contributed by atoms with E-state index < -0.39 is 0 Å². The number of hydrogen-bond acceptors (Lipinski definition) is 3. The van der Waals surface area contributed by atoms with Gasteiger partial charge >= 0.3 is 0 Å². The van der Waals surface area contributed by atoms with E-state index in [0.717, 1.165) is 12.0 Å². The van der Waals surface area contributed by atoms with E-state index >= 15 is 0 Å². The molecule has 0 fully saturated rings. The van der Waals surface area contributed by atoms with E-state index in [2.05, 4.69) is 10.6 Å². The predicted octanol–water partition coefficient (Wildman–Crippen LogP) is 2.32. The van der Waals surface area contributed by atoms with Gasteiger partial charge in [-0.15, -0.1) is 0 Å². The molecule has 22 heavy (non-hydrogen) atoms. The molecule has 5 nitrogen and oxygen atoms in total. The maximum atomic E-state index is 12.2. The van der Waals surface area contributed by atoms with Crippen molar-refractivity contribution < 1.29 is 14.0 Å². The van der Waals surface area contributed by atoms with E-state index in [1.165, 1.54) is 6.26 Å². The summed E-state index contributed by atoms with van der Waals surface area (Å²) in [6.07, 6.45) is 2.18. The van der Waals surface area contributed by atoms with Crippen LogP contribution in [0.1, 0.15) is 35.4 Å². The van der Waals surface area contributed by atoms with E-state index in [4.69, 9.17) is 4.42 Å². The molecule has 2 aromatic rings. The minimum atomic E-state index is -0.283. The number of hydrogen-bond donors (Lipinski definition) is 2. The first-order valence-electron chi connectivity index (χ1n) is 7.36. The molecule has 0 unspecified atom stereocenters. The Morgan fingerprint density at radius 3 is 2.41 bits per heavy atom. The molecule has 1 aromatic carbocycles. The lowest BCUT2D eigenvalue weighted by Crippen LogP contribution is -2.36. The van der Waals surface area contributed by atoms with Gasteiger partial charge in [0.25, 0.3) is 5.91 Å². The number of nitrogens with one attached hydrogen (secondary N) is 2. The second-order valence-electron chi connectivity index (χ2n) is 4.90. The van der Waals surface area contributed by atoms with Gasteiger partial charge < -0.3 is 15.1 Å². The average molecular weight is 300 g/mol. The van der Waals surface area contributed by atoms with Gasteiger partial charge in [0.2, 0.25) is 5.91 Å². The van der Waals surface area contributed by atoms with Crippen LogP contribution in [0.3, 0.4) is 0 Å². The van der Waals surface area contributed by atoms with Crippen molar-refractivity contribution in [3.8, 4) is 0 Å². The van der Waals surface area contributed by atoms with Crippen LogP contribution in [0, 0.1) is 0 Å². The summed E-state index contributed by atoms with van der Waals surface area (Å²) in [4.78, 5) is 23.9. The molecule has 0 saturated carbocycles. The average Bonchev–Trinajstić information content (AvgIpc) is 3.07. The Bertz CT molecular complexity index is 594. The van der Waals surface area contributed by atoms with Crippen LogP contribution in [0.2, 0.25) is 0 Å². The molecule has 1 atom stereocenters. The fourth-order valence-electron chi connectivity index (χ4n) is 2.24. The van der Waals surface area contributed by atoms with Crippen LogP contribution in [-0.2, 0) is 4.79 Å². The van der Waals surface area contributed by atoms with Crippen LogP contribution in [-0.4, -0.2) is 24.9 Å². The van der Waals surface area contributed by atoms with E-state index in [-0.39, 0.29) is 23.5 Å². The molecule has 2 N–H and O–H groups in total. The minimum absolute atomic E-state index is 0.0269. The van der Waals surface area contributed by atoms with Crippen molar-refractivity contribution in [2.75, 3.05) is 13.1 Å². The van der Waals surface area contributed by atoms with Crippen molar-refractivity contribution in [1.29, 1.82) is 0 Å². The predicted molar refractivity (Wildman–Crippen MR) is 83.5 cm³/mol. The van der Waals surface area contributed by atoms with Crippen molar-refractivity contribution in [2.45, 2.75) is 19.3 Å². The van der Waals surface area contributed by atoms with Gasteiger partial charge in [0.1, 0.15) is 0 Å². The number of carbonyl (C=O) groups excluding carboxylic acids is 2. The van der Waals surface area contributed by atoms with Crippen LogP contribution in [0.25, 0.3) is 0 Å². The lowest BCUT2D eigenvalue weighted by atomic mass is 9.96. The molecule has 0 aliphatic heterocycles. The van der Waals surface area contributed by atoms with Crippen molar-refractivity contribution >= 4 is 11.8 Å². The molecular weight excluding hydrogens is 280 g/mol. The normalized spacial score (nSPS) is 11.7. The number of benzene rings is 1. The maximum absolute atomic E-state index is 12.2.